The summed E-state index contributed by atoms with van der Waals surface area (Å²) in [5.41, 5.74) is 4.94. The van der Waals surface area contributed by atoms with Gasteiger partial charge in [-0.05, 0) is 66.9 Å². The molecule has 0 fully saturated rings. The summed E-state index contributed by atoms with van der Waals surface area (Å²) in [7, 11) is 0. The average molecular weight is 367 g/mol. The number of aryl methyl sites for hydroxylation is 3. The number of nitrogens with one attached hydrogen (secondary N) is 1. The second-order valence-electron chi connectivity index (χ2n) is 6.23. The van der Waals surface area contributed by atoms with Crippen molar-refractivity contribution in [3.63, 3.8) is 0 Å². The summed E-state index contributed by atoms with van der Waals surface area (Å²) in [6.07, 6.45) is 0. The molecule has 0 aliphatic rings. The Labute approximate surface area is 157 Å². The fraction of sp³-hybridized carbons (Fsp3) is 0.263. The van der Waals surface area contributed by atoms with Crippen LogP contribution in [0.2, 0.25) is 0 Å². The summed E-state index contributed by atoms with van der Waals surface area (Å²) < 4.78 is 1.65. The lowest BCUT2D eigenvalue weighted by atomic mass is 10.1. The maximum atomic E-state index is 12.6. The quantitative estimate of drug-likeness (QED) is 0.696. The van der Waals surface area contributed by atoms with Crippen LogP contribution in [0.15, 0.2) is 47.6 Å². The van der Waals surface area contributed by atoms with Gasteiger partial charge in [-0.3, -0.25) is 4.79 Å². The molecule has 0 saturated carbocycles. The molecule has 2 aromatic carbocycles. The molecular formula is C19H21N5OS. The van der Waals surface area contributed by atoms with Crippen LogP contribution < -0.4 is 5.32 Å². The number of para-hydroxylation sites is 1. The average Bonchev–Trinajstić information content (AvgIpc) is 3.06. The van der Waals surface area contributed by atoms with Crippen LogP contribution >= 0.6 is 11.8 Å². The molecule has 134 valence electrons. The highest BCUT2D eigenvalue weighted by atomic mass is 32.2. The predicted molar refractivity (Wildman–Crippen MR) is 104 cm³/mol. The van der Waals surface area contributed by atoms with Crippen molar-refractivity contribution in [3.8, 4) is 5.69 Å². The lowest BCUT2D eigenvalue weighted by molar-refractivity contribution is -0.115. The van der Waals surface area contributed by atoms with Crippen molar-refractivity contribution >= 4 is 23.4 Å². The number of anilines is 1. The molecular weight excluding hydrogens is 346 g/mol. The van der Waals surface area contributed by atoms with Crippen LogP contribution in [0.1, 0.15) is 23.6 Å². The first kappa shape index (κ1) is 18.1. The number of carbonyl (C=O) groups excluding carboxylic acids is 1. The summed E-state index contributed by atoms with van der Waals surface area (Å²) in [5, 5.41) is 15.2. The molecule has 6 nitrogen and oxygen atoms in total. The second kappa shape index (κ2) is 7.70. The Morgan fingerprint density at radius 3 is 2.50 bits per heavy atom. The van der Waals surface area contributed by atoms with E-state index in [2.05, 4.69) is 20.8 Å². The van der Waals surface area contributed by atoms with Crippen molar-refractivity contribution < 1.29 is 4.79 Å². The molecule has 0 spiro atoms. The Hall–Kier alpha value is -2.67. The lowest BCUT2D eigenvalue weighted by Gasteiger charge is -2.15. The zero-order chi connectivity index (χ0) is 18.7. The van der Waals surface area contributed by atoms with Crippen LogP contribution in [0.4, 0.5) is 5.69 Å². The number of aromatic nitrogens is 4. The van der Waals surface area contributed by atoms with E-state index in [0.717, 1.165) is 28.1 Å². The summed E-state index contributed by atoms with van der Waals surface area (Å²) >= 11 is 1.33. The number of rotatable bonds is 5. The van der Waals surface area contributed by atoms with E-state index >= 15 is 0 Å². The molecule has 3 rings (SSSR count). The molecule has 1 N–H and O–H groups in total. The molecule has 0 bridgehead atoms. The van der Waals surface area contributed by atoms with Gasteiger partial charge in [-0.1, -0.05) is 42.1 Å². The standard InChI is InChI=1S/C19H21N5OS/c1-12-7-5-10-16(11-12)24-19(21-22-23-24)26-15(4)18(25)20-17-13(2)8-6-9-14(17)3/h5-11,15H,1-4H3,(H,20,25). The Balaban J connectivity index is 1.76. The van der Waals surface area contributed by atoms with Crippen molar-refractivity contribution in [2.75, 3.05) is 5.32 Å². The van der Waals surface area contributed by atoms with E-state index in [0.29, 0.717) is 5.16 Å². The first-order valence-electron chi connectivity index (χ1n) is 8.35. The summed E-state index contributed by atoms with van der Waals surface area (Å²) in [6.45, 7) is 7.83. The van der Waals surface area contributed by atoms with Crippen LogP contribution in [0.25, 0.3) is 5.69 Å². The number of hydrogen-bond donors (Lipinski definition) is 1. The molecule has 1 aromatic heterocycles. The summed E-state index contributed by atoms with van der Waals surface area (Å²) in [6, 6.07) is 13.9. The van der Waals surface area contributed by atoms with E-state index in [9.17, 15) is 4.79 Å². The molecule has 0 radical (unpaired) electrons. The van der Waals surface area contributed by atoms with Gasteiger partial charge < -0.3 is 5.32 Å². The topological polar surface area (TPSA) is 72.7 Å². The van der Waals surface area contributed by atoms with E-state index in [1.807, 2.05) is 70.2 Å². The van der Waals surface area contributed by atoms with E-state index in [1.54, 1.807) is 4.68 Å². The van der Waals surface area contributed by atoms with Gasteiger partial charge in [0.05, 0.1) is 10.9 Å². The van der Waals surface area contributed by atoms with Gasteiger partial charge in [0.2, 0.25) is 11.1 Å². The third-order valence-corrected chi connectivity index (χ3v) is 5.10. The molecule has 1 unspecified atom stereocenters. The number of thioether (sulfide) groups is 1. The number of tetrazole rings is 1. The Morgan fingerprint density at radius 2 is 1.81 bits per heavy atom. The lowest BCUT2D eigenvalue weighted by Crippen LogP contribution is -2.23. The van der Waals surface area contributed by atoms with Crippen molar-refractivity contribution in [1.82, 2.24) is 20.2 Å². The number of carbonyl (C=O) groups is 1. The minimum absolute atomic E-state index is 0.0776. The molecule has 1 atom stereocenters. The molecule has 0 aliphatic heterocycles. The Kier molecular flexibility index (Phi) is 5.37. The highest BCUT2D eigenvalue weighted by Crippen LogP contribution is 2.26. The van der Waals surface area contributed by atoms with Crippen LogP contribution in [0.5, 0.6) is 0 Å². The normalized spacial score (nSPS) is 12.0. The zero-order valence-electron chi connectivity index (χ0n) is 15.2. The third kappa shape index (κ3) is 3.94. The van der Waals surface area contributed by atoms with Gasteiger partial charge >= 0.3 is 0 Å². The molecule has 0 saturated heterocycles. The molecule has 7 heteroatoms. The fourth-order valence-corrected chi connectivity index (χ4v) is 3.43. The van der Waals surface area contributed by atoms with Crippen LogP contribution in [0.3, 0.4) is 0 Å². The maximum Gasteiger partial charge on any atom is 0.237 e. The van der Waals surface area contributed by atoms with Crippen molar-refractivity contribution in [2.24, 2.45) is 0 Å². The van der Waals surface area contributed by atoms with E-state index in [4.69, 9.17) is 0 Å². The number of hydrogen-bond acceptors (Lipinski definition) is 5. The monoisotopic (exact) mass is 367 g/mol. The van der Waals surface area contributed by atoms with Crippen molar-refractivity contribution in [3.05, 3.63) is 59.2 Å². The van der Waals surface area contributed by atoms with Gasteiger partial charge in [0.15, 0.2) is 0 Å². The number of nitrogens with zero attached hydrogens (tertiary/aromatic N) is 4. The van der Waals surface area contributed by atoms with Crippen LogP contribution in [-0.4, -0.2) is 31.4 Å². The highest BCUT2D eigenvalue weighted by Gasteiger charge is 2.20. The minimum Gasteiger partial charge on any atom is -0.325 e. The van der Waals surface area contributed by atoms with Crippen molar-refractivity contribution in [1.29, 1.82) is 0 Å². The fourth-order valence-electron chi connectivity index (χ4n) is 2.62. The summed E-state index contributed by atoms with van der Waals surface area (Å²) in [4.78, 5) is 12.6. The third-order valence-electron chi connectivity index (χ3n) is 4.07. The van der Waals surface area contributed by atoms with Gasteiger partial charge in [-0.15, -0.1) is 5.10 Å². The smallest absolute Gasteiger partial charge is 0.237 e. The van der Waals surface area contributed by atoms with Gasteiger partial charge in [0.25, 0.3) is 0 Å². The molecule has 1 amide bonds. The zero-order valence-corrected chi connectivity index (χ0v) is 16.0. The predicted octanol–water partition coefficient (Wildman–Crippen LogP) is 3.71. The van der Waals surface area contributed by atoms with Crippen molar-refractivity contribution in [2.45, 2.75) is 38.1 Å². The van der Waals surface area contributed by atoms with Gasteiger partial charge in [-0.2, -0.15) is 4.68 Å². The molecule has 26 heavy (non-hydrogen) atoms. The maximum absolute atomic E-state index is 12.6. The first-order valence-corrected chi connectivity index (χ1v) is 9.23. The number of benzene rings is 2. The van der Waals surface area contributed by atoms with Crippen LogP contribution in [0, 0.1) is 20.8 Å². The van der Waals surface area contributed by atoms with E-state index in [-0.39, 0.29) is 11.2 Å². The molecule has 3 aromatic rings. The minimum atomic E-state index is -0.344. The van der Waals surface area contributed by atoms with E-state index < -0.39 is 0 Å². The highest BCUT2D eigenvalue weighted by molar-refractivity contribution is 8.00. The SMILES string of the molecule is Cc1cccc(-n2nnnc2SC(C)C(=O)Nc2c(C)cccc2C)c1. The molecule has 0 aliphatic carbocycles. The van der Waals surface area contributed by atoms with Gasteiger partial charge in [-0.25, -0.2) is 0 Å². The van der Waals surface area contributed by atoms with Gasteiger partial charge in [0, 0.05) is 5.69 Å². The molecule has 1 heterocycles. The number of amides is 1. The Morgan fingerprint density at radius 1 is 1.12 bits per heavy atom. The van der Waals surface area contributed by atoms with E-state index in [1.165, 1.54) is 11.8 Å². The second-order valence-corrected chi connectivity index (χ2v) is 7.54. The van der Waals surface area contributed by atoms with Crippen LogP contribution in [-0.2, 0) is 4.79 Å². The Bertz CT molecular complexity index is 917. The largest absolute Gasteiger partial charge is 0.325 e. The van der Waals surface area contributed by atoms with Gasteiger partial charge in [0.1, 0.15) is 0 Å². The summed E-state index contributed by atoms with van der Waals surface area (Å²) in [5.74, 6) is -0.0776. The first-order chi connectivity index (χ1) is 12.5.